The van der Waals surface area contributed by atoms with Gasteiger partial charge in [0.15, 0.2) is 0 Å². The lowest BCUT2D eigenvalue weighted by Crippen LogP contribution is -2.70. The summed E-state index contributed by atoms with van der Waals surface area (Å²) in [6, 6.07) is 11.2. The number of rotatable bonds is 2. The third-order valence-electron chi connectivity index (χ3n) is 6.27. The summed E-state index contributed by atoms with van der Waals surface area (Å²) in [4.78, 5) is 7.20. The van der Waals surface area contributed by atoms with Crippen LogP contribution in [-0.4, -0.2) is 34.6 Å². The predicted molar refractivity (Wildman–Crippen MR) is 86.7 cm³/mol. The molecule has 0 N–H and O–H groups in total. The largest absolute Gasteiger partial charge is 0.364 e. The average molecular weight is 294 g/mol. The molecule has 0 radical (unpaired) electrons. The summed E-state index contributed by atoms with van der Waals surface area (Å²) in [5.41, 5.74) is 2.50. The molecular weight excluding hydrogens is 272 g/mol. The molecule has 0 amide bonds. The molecule has 5 saturated heterocycles. The van der Waals surface area contributed by atoms with Gasteiger partial charge < -0.3 is 4.74 Å². The van der Waals surface area contributed by atoms with E-state index in [0.29, 0.717) is 6.04 Å². The topological polar surface area (TPSA) is 25.4 Å². The third kappa shape index (κ3) is 1.61. The van der Waals surface area contributed by atoms with Gasteiger partial charge in [-0.05, 0) is 49.4 Å². The Morgan fingerprint density at radius 1 is 1.32 bits per heavy atom. The predicted octanol–water partition coefficient (Wildman–Crippen LogP) is 3.55. The fourth-order valence-electron chi connectivity index (χ4n) is 5.09. The minimum Gasteiger partial charge on any atom is -0.364 e. The Balaban J connectivity index is 1.64. The highest BCUT2D eigenvalue weighted by atomic mass is 16.5. The first-order valence-electron chi connectivity index (χ1n) is 8.56. The number of pyridine rings is 1. The molecule has 5 aliphatic heterocycles. The lowest BCUT2D eigenvalue weighted by atomic mass is 9.66. The van der Waals surface area contributed by atoms with Crippen LogP contribution in [-0.2, 0) is 4.74 Å². The zero-order chi connectivity index (χ0) is 14.7. The summed E-state index contributed by atoms with van der Waals surface area (Å²) in [7, 11) is 0. The molecule has 5 fully saturated rings. The van der Waals surface area contributed by atoms with Crippen molar-refractivity contribution < 1.29 is 4.74 Å². The molecule has 0 spiro atoms. The van der Waals surface area contributed by atoms with Crippen molar-refractivity contribution in [2.75, 3.05) is 13.1 Å². The van der Waals surface area contributed by atoms with E-state index in [2.05, 4.69) is 47.1 Å². The smallest absolute Gasteiger partial charge is 0.0995 e. The van der Waals surface area contributed by atoms with Crippen LogP contribution in [0.3, 0.4) is 0 Å². The standard InChI is InChI=1S/C19H22N2O/c1-2-19-12-21-10-8-13(19)11-17(21)18(22-19)15-7-9-20-16-6-4-3-5-14(15)16/h3-7,9,13,17-18H,2,8,10-12H2,1H3/t13-,17+,18-,19-/m0/s1. The van der Waals surface area contributed by atoms with Crippen LogP contribution < -0.4 is 0 Å². The van der Waals surface area contributed by atoms with E-state index in [1.807, 2.05) is 6.20 Å². The number of piperidine rings is 3. The van der Waals surface area contributed by atoms with Crippen molar-refractivity contribution in [3.8, 4) is 0 Å². The number of hydrogen-bond donors (Lipinski definition) is 0. The normalized spacial score (nSPS) is 39.5. The van der Waals surface area contributed by atoms with Crippen LogP contribution in [0.15, 0.2) is 36.5 Å². The van der Waals surface area contributed by atoms with Crippen LogP contribution in [0, 0.1) is 5.92 Å². The Morgan fingerprint density at radius 2 is 2.23 bits per heavy atom. The molecule has 3 nitrogen and oxygen atoms in total. The number of para-hydroxylation sites is 1. The maximum atomic E-state index is 6.78. The second-order valence-electron chi connectivity index (χ2n) is 7.13. The van der Waals surface area contributed by atoms with Gasteiger partial charge in [-0.15, -0.1) is 0 Å². The van der Waals surface area contributed by atoms with Crippen molar-refractivity contribution in [3.63, 3.8) is 0 Å². The van der Waals surface area contributed by atoms with Crippen LogP contribution >= 0.6 is 0 Å². The van der Waals surface area contributed by atoms with Crippen LogP contribution in [0.4, 0.5) is 0 Å². The molecule has 1 aromatic carbocycles. The maximum absolute atomic E-state index is 6.78. The van der Waals surface area contributed by atoms with Crippen molar-refractivity contribution in [2.24, 2.45) is 5.92 Å². The molecule has 22 heavy (non-hydrogen) atoms. The SMILES string of the molecule is CC[C@]12CN3CC[C@H]1C[C@@H]3[C@H](c1ccnc3ccccc13)O2. The second kappa shape index (κ2) is 4.53. The first-order chi connectivity index (χ1) is 10.8. The molecule has 2 aromatic rings. The van der Waals surface area contributed by atoms with E-state index in [1.54, 1.807) is 0 Å². The number of nitrogens with zero attached hydrogens (tertiary/aromatic N) is 2. The molecule has 1 aromatic heterocycles. The van der Waals surface area contributed by atoms with Crippen molar-refractivity contribution in [3.05, 3.63) is 42.1 Å². The third-order valence-corrected chi connectivity index (χ3v) is 6.27. The highest BCUT2D eigenvalue weighted by Crippen LogP contribution is 2.54. The van der Waals surface area contributed by atoms with Gasteiger partial charge in [-0.25, -0.2) is 0 Å². The van der Waals surface area contributed by atoms with E-state index in [4.69, 9.17) is 4.74 Å². The highest BCUT2D eigenvalue weighted by Gasteiger charge is 2.58. The van der Waals surface area contributed by atoms with E-state index in [1.165, 1.54) is 30.3 Å². The van der Waals surface area contributed by atoms with Gasteiger partial charge in [0.2, 0.25) is 0 Å². The molecule has 5 atom stereocenters. The molecule has 5 aliphatic rings. The van der Waals surface area contributed by atoms with Gasteiger partial charge in [0, 0.05) is 24.2 Å². The number of aromatic nitrogens is 1. The summed E-state index contributed by atoms with van der Waals surface area (Å²) in [6.07, 6.45) is 5.89. The fraction of sp³-hybridized carbons (Fsp3) is 0.526. The van der Waals surface area contributed by atoms with Crippen molar-refractivity contribution >= 4 is 10.9 Å². The number of benzene rings is 1. The molecule has 0 aliphatic carbocycles. The van der Waals surface area contributed by atoms with Crippen molar-refractivity contribution in [1.82, 2.24) is 9.88 Å². The van der Waals surface area contributed by atoms with Crippen LogP contribution in [0.1, 0.15) is 37.9 Å². The Morgan fingerprint density at radius 3 is 3.05 bits per heavy atom. The van der Waals surface area contributed by atoms with Crippen molar-refractivity contribution in [1.29, 1.82) is 0 Å². The van der Waals surface area contributed by atoms with E-state index < -0.39 is 0 Å². The van der Waals surface area contributed by atoms with Gasteiger partial charge in [-0.1, -0.05) is 25.1 Å². The molecular formula is C19H22N2O. The van der Waals surface area contributed by atoms with Crippen molar-refractivity contribution in [2.45, 2.75) is 43.9 Å². The maximum Gasteiger partial charge on any atom is 0.0995 e. The van der Waals surface area contributed by atoms with Crippen LogP contribution in [0.2, 0.25) is 0 Å². The summed E-state index contributed by atoms with van der Waals surface area (Å²) in [6.45, 7) is 4.68. The number of morpholine rings is 1. The Labute approximate surface area is 131 Å². The van der Waals surface area contributed by atoms with E-state index >= 15 is 0 Å². The number of fused-ring (bicyclic) bond motifs is 3. The summed E-state index contributed by atoms with van der Waals surface area (Å²) < 4.78 is 6.78. The van der Waals surface area contributed by atoms with Gasteiger partial charge in [-0.3, -0.25) is 9.88 Å². The first kappa shape index (κ1) is 13.0. The highest BCUT2D eigenvalue weighted by molar-refractivity contribution is 5.82. The van der Waals surface area contributed by atoms with Gasteiger partial charge in [-0.2, -0.15) is 0 Å². The first-order valence-corrected chi connectivity index (χ1v) is 8.56. The summed E-state index contributed by atoms with van der Waals surface area (Å²) in [5.74, 6) is 0.761. The van der Waals surface area contributed by atoms with Gasteiger partial charge in [0.1, 0.15) is 0 Å². The van der Waals surface area contributed by atoms with E-state index in [0.717, 1.165) is 24.4 Å². The Hall–Kier alpha value is -1.45. The van der Waals surface area contributed by atoms with E-state index in [9.17, 15) is 0 Å². The Kier molecular flexibility index (Phi) is 2.68. The zero-order valence-electron chi connectivity index (χ0n) is 13.0. The van der Waals surface area contributed by atoms with Gasteiger partial charge >= 0.3 is 0 Å². The quantitative estimate of drug-likeness (QED) is 0.847. The summed E-state index contributed by atoms with van der Waals surface area (Å²) >= 11 is 0. The molecule has 0 saturated carbocycles. The Bertz CT molecular complexity index is 725. The fourth-order valence-corrected chi connectivity index (χ4v) is 5.09. The molecule has 1 unspecified atom stereocenters. The molecule has 7 rings (SSSR count). The van der Waals surface area contributed by atoms with E-state index in [-0.39, 0.29) is 11.7 Å². The van der Waals surface area contributed by atoms with Crippen LogP contribution in [0.5, 0.6) is 0 Å². The van der Waals surface area contributed by atoms with Crippen LogP contribution in [0.25, 0.3) is 10.9 Å². The number of hydrogen-bond acceptors (Lipinski definition) is 3. The average Bonchev–Trinajstić information content (AvgIpc) is 2.61. The minimum absolute atomic E-state index is 0.0854. The number of ether oxygens (including phenoxy) is 1. The lowest BCUT2D eigenvalue weighted by molar-refractivity contribution is -0.274. The molecule has 3 heteroatoms. The van der Waals surface area contributed by atoms with Gasteiger partial charge in [0.25, 0.3) is 0 Å². The summed E-state index contributed by atoms with van der Waals surface area (Å²) in [5, 5.41) is 1.26. The monoisotopic (exact) mass is 294 g/mol. The molecule has 114 valence electrons. The van der Waals surface area contributed by atoms with Gasteiger partial charge in [0.05, 0.1) is 17.2 Å². The molecule has 6 heterocycles. The zero-order valence-corrected chi connectivity index (χ0v) is 13.0. The lowest BCUT2D eigenvalue weighted by Gasteiger charge is -2.64. The molecule has 4 bridgehead atoms. The minimum atomic E-state index is 0.0854. The second-order valence-corrected chi connectivity index (χ2v) is 7.13.